The lowest BCUT2D eigenvalue weighted by Gasteiger charge is -2.34. The highest BCUT2D eigenvalue weighted by molar-refractivity contribution is 9.09. The molecular weight excluding hydrogens is 227 g/mol. The number of alkyl halides is 2. The molecular formula is C8H14BrClO. The van der Waals surface area contributed by atoms with Crippen LogP contribution in [0.25, 0.3) is 0 Å². The molecule has 0 heterocycles. The van der Waals surface area contributed by atoms with Gasteiger partial charge in [-0.2, -0.15) is 0 Å². The van der Waals surface area contributed by atoms with Crippen molar-refractivity contribution in [2.75, 3.05) is 5.33 Å². The summed E-state index contributed by atoms with van der Waals surface area (Å²) in [5.41, 5.74) is -0.474. The third-order valence-electron chi connectivity index (χ3n) is 2.30. The molecule has 0 aliphatic heterocycles. The Morgan fingerprint density at radius 2 is 1.73 bits per heavy atom. The van der Waals surface area contributed by atoms with E-state index < -0.39 is 10.3 Å². The summed E-state index contributed by atoms with van der Waals surface area (Å²) in [5, 5.41) is 0.371. The number of hydrogen-bond donors (Lipinski definition) is 0. The third kappa shape index (κ3) is 2.45. The monoisotopic (exact) mass is 240 g/mol. The fourth-order valence-electron chi connectivity index (χ4n) is 0.499. The zero-order valence-corrected chi connectivity index (χ0v) is 9.71. The van der Waals surface area contributed by atoms with Crippen LogP contribution in [0.5, 0.6) is 0 Å². The number of halogens is 2. The molecule has 0 saturated heterocycles. The highest BCUT2D eigenvalue weighted by atomic mass is 79.9. The van der Waals surface area contributed by atoms with Crippen LogP contribution in [-0.2, 0) is 4.79 Å². The Morgan fingerprint density at radius 1 is 1.36 bits per heavy atom. The molecule has 0 bridgehead atoms. The van der Waals surface area contributed by atoms with E-state index >= 15 is 0 Å². The normalized spacial score (nSPS) is 13.3. The van der Waals surface area contributed by atoms with Crippen LogP contribution in [0.15, 0.2) is 0 Å². The van der Waals surface area contributed by atoms with Gasteiger partial charge in [-0.1, -0.05) is 29.8 Å². The molecule has 0 amide bonds. The molecule has 0 aromatic heterocycles. The van der Waals surface area contributed by atoms with Gasteiger partial charge in [0.15, 0.2) is 5.78 Å². The average Bonchev–Trinajstić information content (AvgIpc) is 1.83. The first-order chi connectivity index (χ1) is 4.73. The molecule has 0 unspecified atom stereocenters. The number of carbonyl (C=O) groups is 1. The zero-order valence-electron chi connectivity index (χ0n) is 7.37. The van der Waals surface area contributed by atoms with Crippen molar-refractivity contribution in [2.24, 2.45) is 5.41 Å². The number of carbonyl (C=O) groups excluding carboxylic acids is 1. The van der Waals surface area contributed by atoms with Crippen LogP contribution in [0.4, 0.5) is 0 Å². The summed E-state index contributed by atoms with van der Waals surface area (Å²) >= 11 is 9.19. The van der Waals surface area contributed by atoms with Gasteiger partial charge in [-0.3, -0.25) is 4.79 Å². The SMILES string of the molecule is CC(C)(Cl)C(C)(C)C(=O)CBr. The fraction of sp³-hybridized carbons (Fsp3) is 0.875. The van der Waals surface area contributed by atoms with Crippen molar-refractivity contribution in [1.29, 1.82) is 0 Å². The second-order valence-electron chi connectivity index (χ2n) is 3.65. The van der Waals surface area contributed by atoms with Crippen molar-refractivity contribution in [3.05, 3.63) is 0 Å². The first-order valence-electron chi connectivity index (χ1n) is 3.51. The van der Waals surface area contributed by atoms with Crippen LogP contribution in [0.3, 0.4) is 0 Å². The van der Waals surface area contributed by atoms with Crippen molar-refractivity contribution in [2.45, 2.75) is 32.6 Å². The molecule has 0 aliphatic rings. The number of hydrogen-bond acceptors (Lipinski definition) is 1. The first-order valence-corrected chi connectivity index (χ1v) is 5.01. The van der Waals surface area contributed by atoms with Gasteiger partial charge in [0.1, 0.15) is 0 Å². The maximum absolute atomic E-state index is 11.3. The molecule has 0 rings (SSSR count). The van der Waals surface area contributed by atoms with E-state index in [-0.39, 0.29) is 5.78 Å². The minimum Gasteiger partial charge on any atom is -0.298 e. The maximum atomic E-state index is 11.3. The zero-order chi connectivity index (χ0) is 9.28. The molecule has 0 spiro atoms. The molecule has 3 heteroatoms. The number of rotatable bonds is 3. The van der Waals surface area contributed by atoms with E-state index in [2.05, 4.69) is 15.9 Å². The molecule has 0 saturated carbocycles. The van der Waals surface area contributed by atoms with Gasteiger partial charge < -0.3 is 0 Å². The van der Waals surface area contributed by atoms with E-state index in [9.17, 15) is 4.79 Å². The Labute approximate surface area is 81.6 Å². The Hall–Kier alpha value is 0.440. The van der Waals surface area contributed by atoms with Gasteiger partial charge in [-0.25, -0.2) is 0 Å². The summed E-state index contributed by atoms with van der Waals surface area (Å²) in [6.07, 6.45) is 0. The Bertz CT molecular complexity index is 158. The van der Waals surface area contributed by atoms with E-state index in [1.807, 2.05) is 27.7 Å². The summed E-state index contributed by atoms with van der Waals surface area (Å²) < 4.78 is 0. The molecule has 0 radical (unpaired) electrons. The predicted octanol–water partition coefficient (Wildman–Crippen LogP) is 2.99. The Morgan fingerprint density at radius 3 is 1.82 bits per heavy atom. The molecule has 0 aliphatic carbocycles. The van der Waals surface area contributed by atoms with E-state index in [0.717, 1.165) is 0 Å². The van der Waals surface area contributed by atoms with Crippen LogP contribution < -0.4 is 0 Å². The van der Waals surface area contributed by atoms with Gasteiger partial charge in [0.2, 0.25) is 0 Å². The number of ketones is 1. The third-order valence-corrected chi connectivity index (χ3v) is 3.29. The summed E-state index contributed by atoms with van der Waals surface area (Å²) in [7, 11) is 0. The minimum atomic E-state index is -0.488. The lowest BCUT2D eigenvalue weighted by molar-refractivity contribution is -0.125. The average molecular weight is 242 g/mol. The van der Waals surface area contributed by atoms with Crippen LogP contribution in [0, 0.1) is 5.41 Å². The molecule has 0 fully saturated rings. The second kappa shape index (κ2) is 3.44. The van der Waals surface area contributed by atoms with Gasteiger partial charge in [0.25, 0.3) is 0 Å². The van der Waals surface area contributed by atoms with E-state index in [4.69, 9.17) is 11.6 Å². The standard InChI is InChI=1S/C8H14BrClO/c1-7(2,6(11)5-9)8(3,4)10/h5H2,1-4H3. The van der Waals surface area contributed by atoms with E-state index in [0.29, 0.717) is 5.33 Å². The lowest BCUT2D eigenvalue weighted by atomic mass is 9.77. The van der Waals surface area contributed by atoms with Crippen molar-refractivity contribution in [3.8, 4) is 0 Å². The first kappa shape index (κ1) is 11.4. The Balaban J connectivity index is 4.59. The van der Waals surface area contributed by atoms with Gasteiger partial charge in [-0.05, 0) is 13.8 Å². The smallest absolute Gasteiger partial charge is 0.150 e. The van der Waals surface area contributed by atoms with Gasteiger partial charge >= 0.3 is 0 Å². The van der Waals surface area contributed by atoms with Crippen LogP contribution in [0.1, 0.15) is 27.7 Å². The van der Waals surface area contributed by atoms with Crippen molar-refractivity contribution < 1.29 is 4.79 Å². The summed E-state index contributed by atoms with van der Waals surface area (Å²) in [5.74, 6) is 0.137. The van der Waals surface area contributed by atoms with Crippen molar-refractivity contribution in [3.63, 3.8) is 0 Å². The second-order valence-corrected chi connectivity index (χ2v) is 5.16. The fourth-order valence-corrected chi connectivity index (χ4v) is 1.30. The van der Waals surface area contributed by atoms with Crippen molar-refractivity contribution >= 4 is 33.3 Å². The van der Waals surface area contributed by atoms with Gasteiger partial charge in [0, 0.05) is 5.41 Å². The van der Waals surface area contributed by atoms with Crippen molar-refractivity contribution in [1.82, 2.24) is 0 Å². The molecule has 11 heavy (non-hydrogen) atoms. The predicted molar refractivity (Wildman–Crippen MR) is 52.5 cm³/mol. The molecule has 1 nitrogen and oxygen atoms in total. The molecule has 0 aromatic carbocycles. The van der Waals surface area contributed by atoms with E-state index in [1.54, 1.807) is 0 Å². The summed E-state index contributed by atoms with van der Waals surface area (Å²) in [6.45, 7) is 7.44. The van der Waals surface area contributed by atoms with Crippen LogP contribution in [-0.4, -0.2) is 16.0 Å². The topological polar surface area (TPSA) is 17.1 Å². The lowest BCUT2D eigenvalue weighted by Crippen LogP contribution is -2.41. The van der Waals surface area contributed by atoms with Crippen LogP contribution >= 0.6 is 27.5 Å². The maximum Gasteiger partial charge on any atom is 0.150 e. The van der Waals surface area contributed by atoms with Gasteiger partial charge in [0.05, 0.1) is 10.2 Å². The highest BCUT2D eigenvalue weighted by Crippen LogP contribution is 2.37. The highest BCUT2D eigenvalue weighted by Gasteiger charge is 2.40. The minimum absolute atomic E-state index is 0.137. The molecule has 66 valence electrons. The van der Waals surface area contributed by atoms with E-state index in [1.165, 1.54) is 0 Å². The molecule has 0 N–H and O–H groups in total. The van der Waals surface area contributed by atoms with Crippen LogP contribution in [0.2, 0.25) is 0 Å². The Kier molecular flexibility index (Phi) is 3.58. The molecule has 0 atom stereocenters. The number of Topliss-reactive ketones (excluding diaryl/α,β-unsaturated/α-hetero) is 1. The molecule has 0 aromatic rings. The van der Waals surface area contributed by atoms with Gasteiger partial charge in [-0.15, -0.1) is 11.6 Å². The largest absolute Gasteiger partial charge is 0.298 e. The summed E-state index contributed by atoms with van der Waals surface area (Å²) in [4.78, 5) is 10.9. The summed E-state index contributed by atoms with van der Waals surface area (Å²) in [6, 6.07) is 0. The quantitative estimate of drug-likeness (QED) is 0.694.